The van der Waals surface area contributed by atoms with Crippen molar-refractivity contribution in [1.82, 2.24) is 14.3 Å². The molecule has 3 rings (SSSR count). The first-order valence-corrected chi connectivity index (χ1v) is 11.4. The summed E-state index contributed by atoms with van der Waals surface area (Å²) in [5.41, 5.74) is 9.48. The summed E-state index contributed by atoms with van der Waals surface area (Å²) in [6, 6.07) is 0. The summed E-state index contributed by atoms with van der Waals surface area (Å²) in [7, 11) is -1.27. The maximum absolute atomic E-state index is 11.2. The van der Waals surface area contributed by atoms with Crippen LogP contribution in [-0.4, -0.2) is 49.8 Å². The summed E-state index contributed by atoms with van der Waals surface area (Å²) in [5.74, 6) is 1.83. The fourth-order valence-electron chi connectivity index (χ4n) is 3.20. The second-order valence-electron chi connectivity index (χ2n) is 6.82. The Hall–Kier alpha value is -2.43. The van der Waals surface area contributed by atoms with Crippen LogP contribution in [0.1, 0.15) is 37.0 Å². The third-order valence-electron chi connectivity index (χ3n) is 4.55. The molecule has 0 fully saturated rings. The zero-order valence-electron chi connectivity index (χ0n) is 16.9. The SMILES string of the molecule is CCOCc1nc2c(n1C)C1=C(OCCCNS(C)(=O)=O)C=CC=C(C1)N=C2N. The van der Waals surface area contributed by atoms with Gasteiger partial charge < -0.3 is 19.8 Å². The van der Waals surface area contributed by atoms with Gasteiger partial charge in [-0.1, -0.05) is 6.08 Å². The molecule has 0 saturated heterocycles. The number of imidazole rings is 1. The molecular weight excluding hydrogens is 394 g/mol. The second kappa shape index (κ2) is 8.93. The van der Waals surface area contributed by atoms with E-state index in [0.717, 1.165) is 29.0 Å². The van der Waals surface area contributed by atoms with Crippen LogP contribution in [0.3, 0.4) is 0 Å². The minimum Gasteiger partial charge on any atom is -0.493 e. The summed E-state index contributed by atoms with van der Waals surface area (Å²) in [5, 5.41) is 0. The number of amidine groups is 1. The van der Waals surface area contributed by atoms with Crippen molar-refractivity contribution < 1.29 is 17.9 Å². The van der Waals surface area contributed by atoms with Crippen molar-refractivity contribution >= 4 is 21.4 Å². The van der Waals surface area contributed by atoms with Gasteiger partial charge in [0.25, 0.3) is 0 Å². The predicted octanol–water partition coefficient (Wildman–Crippen LogP) is 1.19. The van der Waals surface area contributed by atoms with Gasteiger partial charge in [-0.05, 0) is 25.5 Å². The largest absolute Gasteiger partial charge is 0.493 e. The molecule has 1 aromatic rings. The molecule has 3 N–H and O–H groups in total. The van der Waals surface area contributed by atoms with Crippen molar-refractivity contribution in [1.29, 1.82) is 0 Å². The van der Waals surface area contributed by atoms with Gasteiger partial charge in [0, 0.05) is 37.9 Å². The number of rotatable bonds is 9. The summed E-state index contributed by atoms with van der Waals surface area (Å²) in [4.78, 5) is 9.18. The minimum atomic E-state index is -3.20. The Balaban J connectivity index is 1.89. The number of sulfonamides is 1. The zero-order chi connectivity index (χ0) is 21.0. The van der Waals surface area contributed by atoms with Gasteiger partial charge in [-0.25, -0.2) is 23.1 Å². The third-order valence-corrected chi connectivity index (χ3v) is 5.28. The Kier molecular flexibility index (Phi) is 6.56. The van der Waals surface area contributed by atoms with Crippen LogP contribution in [0.15, 0.2) is 34.7 Å². The monoisotopic (exact) mass is 421 g/mol. The molecule has 1 aromatic heterocycles. The van der Waals surface area contributed by atoms with Gasteiger partial charge in [0.1, 0.15) is 23.9 Å². The molecule has 2 aliphatic rings. The third kappa shape index (κ3) is 5.14. The van der Waals surface area contributed by atoms with Crippen molar-refractivity contribution in [3.05, 3.63) is 46.9 Å². The number of hydrogen-bond acceptors (Lipinski definition) is 7. The lowest BCUT2D eigenvalue weighted by atomic mass is 10.0. The zero-order valence-corrected chi connectivity index (χ0v) is 17.8. The number of aliphatic imine (C=N–C) groups is 1. The molecule has 0 radical (unpaired) electrons. The number of fused-ring (bicyclic) bond motifs is 4. The molecule has 1 aliphatic heterocycles. The number of allylic oxidation sites excluding steroid dienone is 4. The summed E-state index contributed by atoms with van der Waals surface area (Å²) >= 11 is 0. The first kappa shape index (κ1) is 21.3. The molecule has 2 bridgehead atoms. The molecule has 158 valence electrons. The van der Waals surface area contributed by atoms with E-state index in [1.54, 1.807) is 0 Å². The van der Waals surface area contributed by atoms with Gasteiger partial charge in [0.15, 0.2) is 5.84 Å². The van der Waals surface area contributed by atoms with E-state index in [1.807, 2.05) is 36.8 Å². The highest BCUT2D eigenvalue weighted by atomic mass is 32.2. The Bertz CT molecular complexity index is 1000. The van der Waals surface area contributed by atoms with Crippen molar-refractivity contribution in [2.75, 3.05) is 26.0 Å². The van der Waals surface area contributed by atoms with Gasteiger partial charge in [0.05, 0.1) is 18.6 Å². The van der Waals surface area contributed by atoms with E-state index in [9.17, 15) is 8.42 Å². The Morgan fingerprint density at radius 1 is 1.38 bits per heavy atom. The van der Waals surface area contributed by atoms with Gasteiger partial charge in [-0.2, -0.15) is 0 Å². The highest BCUT2D eigenvalue weighted by Crippen LogP contribution is 2.35. The van der Waals surface area contributed by atoms with E-state index in [-0.39, 0.29) is 0 Å². The second-order valence-corrected chi connectivity index (χ2v) is 8.66. The molecule has 0 saturated carbocycles. The summed E-state index contributed by atoms with van der Waals surface area (Å²) in [6.07, 6.45) is 7.92. The highest BCUT2D eigenvalue weighted by molar-refractivity contribution is 7.88. The molecule has 10 heteroatoms. The lowest BCUT2D eigenvalue weighted by Gasteiger charge is -2.15. The molecular formula is C19H27N5O4S. The van der Waals surface area contributed by atoms with Gasteiger partial charge in [0.2, 0.25) is 10.0 Å². The summed E-state index contributed by atoms with van der Waals surface area (Å²) < 4.78 is 38.3. The van der Waals surface area contributed by atoms with E-state index < -0.39 is 10.0 Å². The maximum atomic E-state index is 11.2. The molecule has 0 spiro atoms. The smallest absolute Gasteiger partial charge is 0.208 e. The molecule has 2 heterocycles. The van der Waals surface area contributed by atoms with E-state index in [0.29, 0.717) is 56.5 Å². The summed E-state index contributed by atoms with van der Waals surface area (Å²) in [6.45, 7) is 3.60. The van der Waals surface area contributed by atoms with Crippen molar-refractivity contribution in [3.8, 4) is 0 Å². The maximum Gasteiger partial charge on any atom is 0.208 e. The van der Waals surface area contributed by atoms with Gasteiger partial charge in [-0.3, -0.25) is 0 Å². The first-order valence-electron chi connectivity index (χ1n) is 9.46. The van der Waals surface area contributed by atoms with Crippen LogP contribution in [0.25, 0.3) is 5.57 Å². The van der Waals surface area contributed by atoms with Gasteiger partial charge >= 0.3 is 0 Å². The van der Waals surface area contributed by atoms with Crippen LogP contribution < -0.4 is 10.5 Å². The molecule has 0 atom stereocenters. The van der Waals surface area contributed by atoms with Crippen LogP contribution in [0.4, 0.5) is 0 Å². The topological polar surface area (TPSA) is 121 Å². The van der Waals surface area contributed by atoms with E-state index in [4.69, 9.17) is 15.2 Å². The van der Waals surface area contributed by atoms with Gasteiger partial charge in [-0.15, -0.1) is 0 Å². The number of nitrogens with zero attached hydrogens (tertiary/aromatic N) is 3. The quantitative estimate of drug-likeness (QED) is 0.578. The average molecular weight is 422 g/mol. The number of nitrogens with two attached hydrogens (primary N) is 1. The van der Waals surface area contributed by atoms with Crippen molar-refractivity contribution in [2.45, 2.75) is 26.4 Å². The predicted molar refractivity (Wildman–Crippen MR) is 111 cm³/mol. The Labute approximate surface area is 171 Å². The number of nitrogens with one attached hydrogen (secondary N) is 1. The molecule has 9 nitrogen and oxygen atoms in total. The van der Waals surface area contributed by atoms with Crippen molar-refractivity contribution in [3.63, 3.8) is 0 Å². The van der Waals surface area contributed by atoms with E-state index in [1.165, 1.54) is 0 Å². The Morgan fingerprint density at radius 3 is 2.90 bits per heavy atom. The van der Waals surface area contributed by atoms with Crippen LogP contribution in [0.5, 0.6) is 0 Å². The fraction of sp³-hybridized carbons (Fsp3) is 0.474. The number of ether oxygens (including phenoxy) is 2. The standard InChI is InChI=1S/C19H27N5O4S/c1-4-27-12-16-23-17-18(24(16)2)14-11-13(22-19(17)20)7-5-8-15(14)28-10-6-9-21-29(3,25)26/h5,7-8,21H,4,6,9-12H2,1-3H3,(H2,20,22). The lowest BCUT2D eigenvalue weighted by molar-refractivity contribution is 0.126. The van der Waals surface area contributed by atoms with Crippen molar-refractivity contribution in [2.24, 2.45) is 17.8 Å². The lowest BCUT2D eigenvalue weighted by Crippen LogP contribution is -2.23. The molecule has 29 heavy (non-hydrogen) atoms. The highest BCUT2D eigenvalue weighted by Gasteiger charge is 2.27. The number of hydrogen-bond donors (Lipinski definition) is 2. The Morgan fingerprint density at radius 2 is 2.17 bits per heavy atom. The molecule has 1 aliphatic carbocycles. The average Bonchev–Trinajstić information content (AvgIpc) is 2.77. The fourth-order valence-corrected chi connectivity index (χ4v) is 3.71. The van der Waals surface area contributed by atoms with Crippen LogP contribution >= 0.6 is 0 Å². The molecule has 0 amide bonds. The molecule has 0 unspecified atom stereocenters. The van der Waals surface area contributed by atoms with E-state index >= 15 is 0 Å². The minimum absolute atomic E-state index is 0.320. The molecule has 0 aromatic carbocycles. The van der Waals surface area contributed by atoms with E-state index in [2.05, 4.69) is 14.7 Å². The van der Waals surface area contributed by atoms with Crippen LogP contribution in [0, 0.1) is 0 Å². The first-order chi connectivity index (χ1) is 13.8. The van der Waals surface area contributed by atoms with Crippen LogP contribution in [0.2, 0.25) is 0 Å². The normalized spacial score (nSPS) is 16.1. The van der Waals surface area contributed by atoms with Crippen LogP contribution in [-0.2, 0) is 33.2 Å². The number of aromatic nitrogens is 2.